The number of hydrogen-bond acceptors (Lipinski definition) is 3. The van der Waals surface area contributed by atoms with Gasteiger partial charge in [0.2, 0.25) is 5.91 Å². The molecular weight excluding hydrogens is 357 g/mol. The number of piperazine rings is 1. The molecule has 2 amide bonds. The van der Waals surface area contributed by atoms with Crippen LogP contribution in [0.5, 0.6) is 0 Å². The number of halogens is 1. The van der Waals surface area contributed by atoms with E-state index in [0.717, 1.165) is 25.7 Å². The number of rotatable bonds is 6. The average molecular weight is 381 g/mol. The highest BCUT2D eigenvalue weighted by atomic mass is 19.1. The van der Waals surface area contributed by atoms with Gasteiger partial charge in [-0.25, -0.2) is 4.39 Å². The molecule has 146 valence electrons. The normalized spacial score (nSPS) is 15.0. The summed E-state index contributed by atoms with van der Waals surface area (Å²) in [6.07, 6.45) is 4.23. The van der Waals surface area contributed by atoms with Crippen LogP contribution in [0.4, 0.5) is 4.39 Å². The van der Waals surface area contributed by atoms with Crippen molar-refractivity contribution in [3.05, 3.63) is 77.6 Å². The van der Waals surface area contributed by atoms with Crippen LogP contribution in [-0.2, 0) is 4.79 Å². The summed E-state index contributed by atoms with van der Waals surface area (Å²) >= 11 is 0. The fraction of sp³-hybridized carbons (Fsp3) is 0.273. The van der Waals surface area contributed by atoms with Crippen LogP contribution in [0.1, 0.15) is 15.9 Å². The number of nitrogens with one attached hydrogen (secondary N) is 1. The Balaban J connectivity index is 1.39. The molecule has 0 saturated carbocycles. The lowest BCUT2D eigenvalue weighted by molar-refractivity contribution is -0.131. The molecule has 5 nitrogen and oxygen atoms in total. The smallest absolute Gasteiger partial charge is 0.251 e. The maximum Gasteiger partial charge on any atom is 0.251 e. The largest absolute Gasteiger partial charge is 0.343 e. The molecule has 0 aliphatic carbocycles. The van der Waals surface area contributed by atoms with Crippen LogP contribution in [0.25, 0.3) is 6.08 Å². The van der Waals surface area contributed by atoms with Crippen molar-refractivity contribution in [1.82, 2.24) is 15.1 Å². The monoisotopic (exact) mass is 381 g/mol. The molecule has 0 atom stereocenters. The van der Waals surface area contributed by atoms with Gasteiger partial charge >= 0.3 is 0 Å². The van der Waals surface area contributed by atoms with E-state index in [1.54, 1.807) is 4.90 Å². The summed E-state index contributed by atoms with van der Waals surface area (Å²) in [6, 6.07) is 15.6. The molecule has 2 aromatic carbocycles. The Morgan fingerprint density at radius 3 is 2.46 bits per heavy atom. The number of amides is 2. The van der Waals surface area contributed by atoms with Gasteiger partial charge in [-0.3, -0.25) is 14.5 Å². The molecule has 1 heterocycles. The summed E-state index contributed by atoms with van der Waals surface area (Å²) in [5.74, 6) is -1.04. The first-order valence-electron chi connectivity index (χ1n) is 9.37. The second kappa shape index (κ2) is 9.80. The predicted octanol–water partition coefficient (Wildman–Crippen LogP) is 2.41. The Bertz CT molecular complexity index is 831. The molecule has 1 aliphatic rings. The van der Waals surface area contributed by atoms with Gasteiger partial charge in [0.05, 0.1) is 6.54 Å². The van der Waals surface area contributed by atoms with E-state index in [1.165, 1.54) is 23.8 Å². The van der Waals surface area contributed by atoms with Gasteiger partial charge in [0, 0.05) is 38.3 Å². The van der Waals surface area contributed by atoms with E-state index in [2.05, 4.69) is 34.5 Å². The molecule has 0 spiro atoms. The molecule has 1 aliphatic heterocycles. The van der Waals surface area contributed by atoms with Crippen molar-refractivity contribution in [1.29, 1.82) is 0 Å². The van der Waals surface area contributed by atoms with Gasteiger partial charge in [0.15, 0.2) is 0 Å². The van der Waals surface area contributed by atoms with Crippen molar-refractivity contribution in [2.75, 3.05) is 39.3 Å². The van der Waals surface area contributed by atoms with Gasteiger partial charge in [0.25, 0.3) is 5.91 Å². The molecule has 6 heteroatoms. The van der Waals surface area contributed by atoms with Crippen LogP contribution in [0.2, 0.25) is 0 Å². The number of nitrogens with zero attached hydrogens (tertiary/aromatic N) is 2. The fourth-order valence-corrected chi connectivity index (χ4v) is 3.08. The van der Waals surface area contributed by atoms with Gasteiger partial charge in [-0.15, -0.1) is 0 Å². The first-order chi connectivity index (χ1) is 13.6. The summed E-state index contributed by atoms with van der Waals surface area (Å²) in [4.78, 5) is 28.4. The molecule has 28 heavy (non-hydrogen) atoms. The summed E-state index contributed by atoms with van der Waals surface area (Å²) in [7, 11) is 0. The van der Waals surface area contributed by atoms with Crippen molar-refractivity contribution in [2.45, 2.75) is 0 Å². The van der Waals surface area contributed by atoms with Gasteiger partial charge < -0.3 is 10.2 Å². The summed E-state index contributed by atoms with van der Waals surface area (Å²) < 4.78 is 13.2. The topological polar surface area (TPSA) is 52.7 Å². The Morgan fingerprint density at radius 1 is 1.00 bits per heavy atom. The van der Waals surface area contributed by atoms with E-state index in [0.29, 0.717) is 13.1 Å². The first kappa shape index (κ1) is 19.8. The second-order valence-corrected chi connectivity index (χ2v) is 6.69. The highest BCUT2D eigenvalue weighted by Crippen LogP contribution is 2.06. The number of benzene rings is 2. The quantitative estimate of drug-likeness (QED) is 0.836. The van der Waals surface area contributed by atoms with Crippen LogP contribution in [0.15, 0.2) is 60.7 Å². The molecule has 1 fully saturated rings. The Kier molecular flexibility index (Phi) is 6.92. The van der Waals surface area contributed by atoms with E-state index in [9.17, 15) is 14.0 Å². The molecule has 0 aromatic heterocycles. The van der Waals surface area contributed by atoms with Gasteiger partial charge in [0.1, 0.15) is 5.82 Å². The van der Waals surface area contributed by atoms with Crippen LogP contribution < -0.4 is 5.32 Å². The molecule has 0 unspecified atom stereocenters. The first-order valence-corrected chi connectivity index (χ1v) is 9.37. The van der Waals surface area contributed by atoms with Crippen molar-refractivity contribution in [2.24, 2.45) is 0 Å². The zero-order valence-electron chi connectivity index (χ0n) is 15.7. The van der Waals surface area contributed by atoms with E-state index in [4.69, 9.17) is 0 Å². The predicted molar refractivity (Wildman–Crippen MR) is 107 cm³/mol. The Morgan fingerprint density at radius 2 is 1.75 bits per heavy atom. The van der Waals surface area contributed by atoms with Gasteiger partial charge in [-0.2, -0.15) is 0 Å². The van der Waals surface area contributed by atoms with Gasteiger partial charge in [-0.05, 0) is 23.8 Å². The van der Waals surface area contributed by atoms with E-state index >= 15 is 0 Å². The Hall–Kier alpha value is -2.99. The SMILES string of the molecule is O=C(NCC(=O)N1CCN(C/C=C/c2ccccc2)CC1)c1cccc(F)c1. The van der Waals surface area contributed by atoms with E-state index < -0.39 is 11.7 Å². The maximum atomic E-state index is 13.2. The summed E-state index contributed by atoms with van der Waals surface area (Å²) in [6.45, 7) is 3.61. The molecule has 0 radical (unpaired) electrons. The van der Waals surface area contributed by atoms with E-state index in [-0.39, 0.29) is 18.0 Å². The zero-order chi connectivity index (χ0) is 19.8. The fourth-order valence-electron chi connectivity index (χ4n) is 3.08. The van der Waals surface area contributed by atoms with Crippen molar-refractivity contribution in [3.63, 3.8) is 0 Å². The summed E-state index contributed by atoms with van der Waals surface area (Å²) in [5, 5.41) is 2.57. The lowest BCUT2D eigenvalue weighted by Crippen LogP contribution is -2.51. The van der Waals surface area contributed by atoms with Crippen LogP contribution in [-0.4, -0.2) is 60.9 Å². The summed E-state index contributed by atoms with van der Waals surface area (Å²) in [5.41, 5.74) is 1.38. The highest BCUT2D eigenvalue weighted by molar-refractivity contribution is 5.96. The lowest BCUT2D eigenvalue weighted by atomic mass is 10.2. The molecular formula is C22H24FN3O2. The second-order valence-electron chi connectivity index (χ2n) is 6.69. The van der Waals surface area contributed by atoms with Crippen molar-refractivity contribution in [3.8, 4) is 0 Å². The minimum atomic E-state index is -0.476. The number of carbonyl (C=O) groups excluding carboxylic acids is 2. The van der Waals surface area contributed by atoms with Crippen molar-refractivity contribution < 1.29 is 14.0 Å². The molecule has 1 saturated heterocycles. The molecule has 0 bridgehead atoms. The standard InChI is InChI=1S/C22H24FN3O2/c23-20-10-4-9-19(16-20)22(28)24-17-21(27)26-14-12-25(13-15-26)11-5-8-18-6-2-1-3-7-18/h1-10,16H,11-15,17H2,(H,24,28)/b8-5+. The number of carbonyl (C=O) groups is 2. The lowest BCUT2D eigenvalue weighted by Gasteiger charge is -2.34. The third-order valence-corrected chi connectivity index (χ3v) is 4.69. The molecule has 1 N–H and O–H groups in total. The maximum absolute atomic E-state index is 13.2. The van der Waals surface area contributed by atoms with Crippen LogP contribution >= 0.6 is 0 Å². The minimum Gasteiger partial charge on any atom is -0.343 e. The van der Waals surface area contributed by atoms with E-state index in [1.807, 2.05) is 18.2 Å². The minimum absolute atomic E-state index is 0.0801. The third kappa shape index (κ3) is 5.76. The highest BCUT2D eigenvalue weighted by Gasteiger charge is 2.20. The van der Waals surface area contributed by atoms with Crippen LogP contribution in [0, 0.1) is 5.82 Å². The zero-order valence-corrected chi connectivity index (χ0v) is 15.7. The van der Waals surface area contributed by atoms with Gasteiger partial charge in [-0.1, -0.05) is 48.6 Å². The van der Waals surface area contributed by atoms with Crippen molar-refractivity contribution >= 4 is 17.9 Å². The molecule has 2 aromatic rings. The third-order valence-electron chi connectivity index (χ3n) is 4.69. The Labute approximate surface area is 164 Å². The molecule has 3 rings (SSSR count). The number of hydrogen-bond donors (Lipinski definition) is 1. The average Bonchev–Trinajstić information content (AvgIpc) is 2.73. The van der Waals surface area contributed by atoms with Crippen LogP contribution in [0.3, 0.4) is 0 Å².